The molecule has 0 saturated carbocycles. The summed E-state index contributed by atoms with van der Waals surface area (Å²) in [6, 6.07) is 0. The van der Waals surface area contributed by atoms with E-state index in [1.54, 1.807) is 0 Å². The number of ether oxygens (including phenoxy) is 1. The molecule has 3 heteroatoms. The molecule has 81 valence electrons. The zero-order chi connectivity index (χ0) is 9.80. The van der Waals surface area contributed by atoms with Crippen molar-refractivity contribution in [2.24, 2.45) is 5.92 Å². The van der Waals surface area contributed by atoms with E-state index >= 15 is 0 Å². The van der Waals surface area contributed by atoms with Gasteiger partial charge in [-0.3, -0.25) is 4.90 Å². The number of nitrogens with zero attached hydrogens (tertiary/aromatic N) is 2. The van der Waals surface area contributed by atoms with Gasteiger partial charge in [0.15, 0.2) is 0 Å². The zero-order valence-corrected chi connectivity index (χ0v) is 8.95. The van der Waals surface area contributed by atoms with Crippen LogP contribution >= 0.6 is 0 Å². The lowest BCUT2D eigenvalue weighted by atomic mass is 10.2. The highest BCUT2D eigenvalue weighted by Gasteiger charge is 2.19. The van der Waals surface area contributed by atoms with E-state index in [0.29, 0.717) is 5.92 Å². The van der Waals surface area contributed by atoms with Crippen LogP contribution in [0.2, 0.25) is 0 Å². The predicted molar refractivity (Wildman–Crippen MR) is 57.2 cm³/mol. The first-order valence-corrected chi connectivity index (χ1v) is 5.70. The summed E-state index contributed by atoms with van der Waals surface area (Å²) in [5.74, 6) is 0.666. The summed E-state index contributed by atoms with van der Waals surface area (Å²) >= 11 is 0. The number of rotatable bonds is 3. The van der Waals surface area contributed by atoms with E-state index in [1.807, 2.05) is 0 Å². The molecule has 0 amide bonds. The molecule has 1 atom stereocenters. The van der Waals surface area contributed by atoms with Gasteiger partial charge >= 0.3 is 0 Å². The normalized spacial score (nSPS) is 31.1. The highest BCUT2D eigenvalue weighted by atomic mass is 16.5. The molecule has 2 saturated heterocycles. The second-order valence-electron chi connectivity index (χ2n) is 4.41. The molecule has 0 aromatic carbocycles. The first-order valence-electron chi connectivity index (χ1n) is 5.70. The number of morpholine rings is 1. The molecule has 0 aromatic rings. The predicted octanol–water partition coefficient (Wildman–Crippen LogP) is 0.475. The third-order valence-electron chi connectivity index (χ3n) is 3.21. The lowest BCUT2D eigenvalue weighted by Gasteiger charge is -2.28. The Kier molecular flexibility index (Phi) is 3.79. The van der Waals surface area contributed by atoms with E-state index in [1.165, 1.54) is 32.6 Å². The van der Waals surface area contributed by atoms with Crippen molar-refractivity contribution < 1.29 is 4.74 Å². The van der Waals surface area contributed by atoms with Gasteiger partial charge in [-0.1, -0.05) is 0 Å². The molecule has 3 nitrogen and oxygen atoms in total. The van der Waals surface area contributed by atoms with Gasteiger partial charge in [-0.25, -0.2) is 0 Å². The number of hydrogen-bond donors (Lipinski definition) is 0. The quantitative estimate of drug-likeness (QED) is 0.654. The minimum absolute atomic E-state index is 0.666. The molecular formula is C11H21N2O. The molecule has 2 rings (SSSR count). The molecule has 2 aliphatic rings. The van der Waals surface area contributed by atoms with Crippen LogP contribution in [-0.4, -0.2) is 62.3 Å². The Morgan fingerprint density at radius 3 is 2.43 bits per heavy atom. The smallest absolute Gasteiger partial charge is 0.0594 e. The average Bonchev–Trinajstić information content (AvgIpc) is 2.63. The Hall–Kier alpha value is -0.120. The first-order chi connectivity index (χ1) is 6.84. The molecule has 1 unspecified atom stereocenters. The van der Waals surface area contributed by atoms with Gasteiger partial charge in [-0.2, -0.15) is 0 Å². The minimum atomic E-state index is 0.666. The average molecular weight is 197 g/mol. The second-order valence-corrected chi connectivity index (χ2v) is 4.41. The third kappa shape index (κ3) is 2.94. The maximum Gasteiger partial charge on any atom is 0.0594 e. The molecule has 0 aromatic heterocycles. The van der Waals surface area contributed by atoms with Crippen LogP contribution in [0.5, 0.6) is 0 Å². The van der Waals surface area contributed by atoms with Crippen LogP contribution in [0.1, 0.15) is 6.42 Å². The summed E-state index contributed by atoms with van der Waals surface area (Å²) in [5.41, 5.74) is 0. The minimum Gasteiger partial charge on any atom is -0.379 e. The molecule has 14 heavy (non-hydrogen) atoms. The van der Waals surface area contributed by atoms with Gasteiger partial charge in [0.2, 0.25) is 0 Å². The van der Waals surface area contributed by atoms with E-state index in [9.17, 15) is 0 Å². The molecule has 2 aliphatic heterocycles. The fourth-order valence-electron chi connectivity index (χ4n) is 2.22. The highest BCUT2D eigenvalue weighted by Crippen LogP contribution is 2.14. The van der Waals surface area contributed by atoms with Crippen molar-refractivity contribution in [1.82, 2.24) is 9.80 Å². The van der Waals surface area contributed by atoms with E-state index < -0.39 is 0 Å². The summed E-state index contributed by atoms with van der Waals surface area (Å²) in [4.78, 5) is 5.03. The monoisotopic (exact) mass is 197 g/mol. The van der Waals surface area contributed by atoms with Crippen LogP contribution in [0.3, 0.4) is 0 Å². The van der Waals surface area contributed by atoms with Crippen molar-refractivity contribution in [3.63, 3.8) is 0 Å². The van der Waals surface area contributed by atoms with Crippen molar-refractivity contribution in [3.8, 4) is 0 Å². The van der Waals surface area contributed by atoms with Crippen molar-refractivity contribution in [2.45, 2.75) is 6.42 Å². The van der Waals surface area contributed by atoms with Crippen LogP contribution in [0, 0.1) is 12.8 Å². The number of hydrogen-bond acceptors (Lipinski definition) is 3. The van der Waals surface area contributed by atoms with Crippen LogP contribution in [-0.2, 0) is 4.74 Å². The maximum atomic E-state index is 5.32. The first kappa shape index (κ1) is 10.4. The van der Waals surface area contributed by atoms with Crippen molar-refractivity contribution >= 4 is 0 Å². The van der Waals surface area contributed by atoms with Crippen LogP contribution in [0.4, 0.5) is 0 Å². The highest BCUT2D eigenvalue weighted by molar-refractivity contribution is 4.77. The summed E-state index contributed by atoms with van der Waals surface area (Å²) < 4.78 is 5.32. The molecule has 0 spiro atoms. The van der Waals surface area contributed by atoms with E-state index in [-0.39, 0.29) is 0 Å². The zero-order valence-electron chi connectivity index (χ0n) is 8.95. The SMILES string of the molecule is [CH2]C1CCN(CCN2CCOCC2)C1. The summed E-state index contributed by atoms with van der Waals surface area (Å²) in [6.07, 6.45) is 1.28. The summed E-state index contributed by atoms with van der Waals surface area (Å²) in [7, 11) is 0. The fourth-order valence-corrected chi connectivity index (χ4v) is 2.22. The topological polar surface area (TPSA) is 15.7 Å². The van der Waals surface area contributed by atoms with E-state index in [0.717, 1.165) is 26.3 Å². The molecule has 2 heterocycles. The van der Waals surface area contributed by atoms with Gasteiger partial charge in [0, 0.05) is 32.7 Å². The number of likely N-dealkylation sites (tertiary alicyclic amines) is 1. The molecule has 0 bridgehead atoms. The Bertz CT molecular complexity index is 164. The van der Waals surface area contributed by atoms with Crippen molar-refractivity contribution in [1.29, 1.82) is 0 Å². The van der Waals surface area contributed by atoms with Crippen molar-refractivity contribution in [3.05, 3.63) is 6.92 Å². The molecule has 1 radical (unpaired) electrons. The fraction of sp³-hybridized carbons (Fsp3) is 0.909. The Morgan fingerprint density at radius 1 is 1.07 bits per heavy atom. The second kappa shape index (κ2) is 5.10. The largest absolute Gasteiger partial charge is 0.379 e. The Balaban J connectivity index is 1.61. The van der Waals surface area contributed by atoms with Gasteiger partial charge in [0.05, 0.1) is 13.2 Å². The molecule has 2 fully saturated rings. The van der Waals surface area contributed by atoms with Gasteiger partial charge in [-0.05, 0) is 25.8 Å². The lowest BCUT2D eigenvalue weighted by molar-refractivity contribution is 0.0343. The Morgan fingerprint density at radius 2 is 1.79 bits per heavy atom. The Labute approximate surface area is 87.0 Å². The van der Waals surface area contributed by atoms with Gasteiger partial charge in [0.1, 0.15) is 0 Å². The van der Waals surface area contributed by atoms with Gasteiger partial charge in [0.25, 0.3) is 0 Å². The van der Waals surface area contributed by atoms with Gasteiger partial charge < -0.3 is 9.64 Å². The maximum absolute atomic E-state index is 5.32. The standard InChI is InChI=1S/C11H21N2O/c1-11-2-3-13(10-11)5-4-12-6-8-14-9-7-12/h11H,1-10H2. The summed E-state index contributed by atoms with van der Waals surface area (Å²) in [6.45, 7) is 13.0. The van der Waals surface area contributed by atoms with E-state index in [4.69, 9.17) is 4.74 Å². The third-order valence-corrected chi connectivity index (χ3v) is 3.21. The molecule has 0 N–H and O–H groups in total. The van der Waals surface area contributed by atoms with Gasteiger partial charge in [-0.15, -0.1) is 0 Å². The van der Waals surface area contributed by atoms with Crippen molar-refractivity contribution in [2.75, 3.05) is 52.5 Å². The van der Waals surface area contributed by atoms with Crippen LogP contribution < -0.4 is 0 Å². The molecular weight excluding hydrogens is 176 g/mol. The van der Waals surface area contributed by atoms with Crippen LogP contribution in [0.25, 0.3) is 0 Å². The summed E-state index contributed by atoms with van der Waals surface area (Å²) in [5, 5.41) is 0. The molecule has 0 aliphatic carbocycles. The van der Waals surface area contributed by atoms with Crippen LogP contribution in [0.15, 0.2) is 0 Å². The van der Waals surface area contributed by atoms with E-state index in [2.05, 4.69) is 16.7 Å². The lowest BCUT2D eigenvalue weighted by Crippen LogP contribution is -2.41.